The molecule has 7 heteroatoms. The van der Waals surface area contributed by atoms with Crippen LogP contribution in [0.4, 0.5) is 0 Å². The fraction of sp³-hybridized carbons (Fsp3) is 0.333. The van der Waals surface area contributed by atoms with Crippen LogP contribution >= 0.6 is 11.6 Å². The molecule has 0 saturated carbocycles. The second kappa shape index (κ2) is 7.11. The van der Waals surface area contributed by atoms with E-state index in [1.165, 1.54) is 5.56 Å². The number of nitrogens with one attached hydrogen (secondary N) is 1. The number of likely N-dealkylation sites (tertiary alicyclic amines) is 1. The largest absolute Gasteiger partial charge is 0.486 e. The molecule has 144 valence electrons. The van der Waals surface area contributed by atoms with Crippen LogP contribution in [0, 0.1) is 0 Å². The van der Waals surface area contributed by atoms with Crippen molar-refractivity contribution in [3.8, 4) is 11.5 Å². The Balaban J connectivity index is 1.43. The molecule has 6 nitrogen and oxygen atoms in total. The van der Waals surface area contributed by atoms with Crippen molar-refractivity contribution in [3.63, 3.8) is 0 Å². The molecule has 0 bridgehead atoms. The molecule has 1 atom stereocenters. The van der Waals surface area contributed by atoms with E-state index >= 15 is 0 Å². The predicted molar refractivity (Wildman–Crippen MR) is 107 cm³/mol. The Labute approximate surface area is 167 Å². The number of benzene rings is 2. The fourth-order valence-electron chi connectivity index (χ4n) is 4.09. The van der Waals surface area contributed by atoms with Crippen LogP contribution in [0.2, 0.25) is 5.02 Å². The van der Waals surface area contributed by atoms with Gasteiger partial charge in [0.05, 0.1) is 17.4 Å². The highest BCUT2D eigenvalue weighted by molar-refractivity contribution is 6.31. The molecular weight excluding hydrogens is 378 g/mol. The molecule has 0 spiro atoms. The number of fused-ring (bicyclic) bond motifs is 2. The quantitative estimate of drug-likeness (QED) is 0.730. The average molecular weight is 398 g/mol. The summed E-state index contributed by atoms with van der Waals surface area (Å²) in [4.78, 5) is 22.3. The lowest BCUT2D eigenvalue weighted by Gasteiger charge is -2.26. The number of halogens is 1. The third kappa shape index (κ3) is 3.23. The minimum atomic E-state index is -0.133. The predicted octanol–water partition coefficient (Wildman–Crippen LogP) is 3.68. The van der Waals surface area contributed by atoms with Gasteiger partial charge in [-0.15, -0.1) is 0 Å². The van der Waals surface area contributed by atoms with E-state index in [9.17, 15) is 4.79 Å². The molecule has 0 aliphatic carbocycles. The molecule has 2 aliphatic heterocycles. The highest BCUT2D eigenvalue weighted by Crippen LogP contribution is 2.38. The van der Waals surface area contributed by atoms with Crippen LogP contribution in [0.5, 0.6) is 11.5 Å². The van der Waals surface area contributed by atoms with Crippen molar-refractivity contribution in [1.82, 2.24) is 14.9 Å². The highest BCUT2D eigenvalue weighted by atomic mass is 35.5. The van der Waals surface area contributed by atoms with E-state index in [0.717, 1.165) is 30.9 Å². The SMILES string of the molecule is O=c1[nH]c(CN2CCC[C@H]2c2ccc3c(c2)OCCO3)nc2cc(Cl)ccc12. The summed E-state index contributed by atoms with van der Waals surface area (Å²) < 4.78 is 11.4. The van der Waals surface area contributed by atoms with Gasteiger partial charge >= 0.3 is 0 Å². The van der Waals surface area contributed by atoms with E-state index in [0.29, 0.717) is 41.5 Å². The lowest BCUT2D eigenvalue weighted by Crippen LogP contribution is -2.26. The van der Waals surface area contributed by atoms with Gasteiger partial charge in [0.2, 0.25) is 0 Å². The van der Waals surface area contributed by atoms with Gasteiger partial charge in [0.15, 0.2) is 11.5 Å². The van der Waals surface area contributed by atoms with Crippen molar-refractivity contribution in [2.24, 2.45) is 0 Å². The number of ether oxygens (including phenoxy) is 2. The number of aromatic amines is 1. The second-order valence-corrected chi connectivity index (χ2v) is 7.64. The van der Waals surface area contributed by atoms with Crippen LogP contribution in [-0.4, -0.2) is 34.6 Å². The van der Waals surface area contributed by atoms with Crippen molar-refractivity contribution < 1.29 is 9.47 Å². The number of hydrogen-bond donors (Lipinski definition) is 1. The van der Waals surface area contributed by atoms with Gasteiger partial charge in [-0.3, -0.25) is 9.69 Å². The van der Waals surface area contributed by atoms with Crippen LogP contribution in [0.15, 0.2) is 41.2 Å². The summed E-state index contributed by atoms with van der Waals surface area (Å²) >= 11 is 6.07. The molecular formula is C21H20ClN3O3. The average Bonchev–Trinajstić information content (AvgIpc) is 3.15. The zero-order valence-corrected chi connectivity index (χ0v) is 16.0. The molecule has 1 saturated heterocycles. The standard InChI is InChI=1S/C21H20ClN3O3/c22-14-4-5-15-16(11-14)23-20(24-21(15)26)12-25-7-1-2-17(25)13-3-6-18-19(10-13)28-9-8-27-18/h3-6,10-11,17H,1-2,7-9,12H2,(H,23,24,26)/t17-/m0/s1. The zero-order valence-electron chi connectivity index (χ0n) is 15.3. The van der Waals surface area contributed by atoms with Crippen molar-refractivity contribution in [1.29, 1.82) is 0 Å². The van der Waals surface area contributed by atoms with E-state index < -0.39 is 0 Å². The van der Waals surface area contributed by atoms with Gasteiger partial charge in [0, 0.05) is 11.1 Å². The minimum absolute atomic E-state index is 0.133. The minimum Gasteiger partial charge on any atom is -0.486 e. The smallest absolute Gasteiger partial charge is 0.258 e. The van der Waals surface area contributed by atoms with Crippen molar-refractivity contribution in [3.05, 3.63) is 63.2 Å². The molecule has 3 heterocycles. The first kappa shape index (κ1) is 17.5. The Morgan fingerprint density at radius 2 is 2.00 bits per heavy atom. The van der Waals surface area contributed by atoms with Gasteiger partial charge in [0.25, 0.3) is 5.56 Å². The van der Waals surface area contributed by atoms with Crippen molar-refractivity contribution in [2.45, 2.75) is 25.4 Å². The van der Waals surface area contributed by atoms with Crippen molar-refractivity contribution in [2.75, 3.05) is 19.8 Å². The first-order chi connectivity index (χ1) is 13.7. The lowest BCUT2D eigenvalue weighted by molar-refractivity contribution is 0.170. The van der Waals surface area contributed by atoms with Gasteiger partial charge in [0.1, 0.15) is 19.0 Å². The number of nitrogens with zero attached hydrogens (tertiary/aromatic N) is 2. The van der Waals surface area contributed by atoms with Crippen LogP contribution in [0.3, 0.4) is 0 Å². The highest BCUT2D eigenvalue weighted by Gasteiger charge is 2.28. The molecule has 0 unspecified atom stereocenters. The molecule has 3 aromatic rings. The van der Waals surface area contributed by atoms with Crippen molar-refractivity contribution >= 4 is 22.5 Å². The summed E-state index contributed by atoms with van der Waals surface area (Å²) in [7, 11) is 0. The first-order valence-electron chi connectivity index (χ1n) is 9.49. The van der Waals surface area contributed by atoms with Crippen LogP contribution in [-0.2, 0) is 6.54 Å². The molecule has 0 amide bonds. The molecule has 2 aromatic carbocycles. The second-order valence-electron chi connectivity index (χ2n) is 7.21. The number of aromatic nitrogens is 2. The summed E-state index contributed by atoms with van der Waals surface area (Å²) in [6.07, 6.45) is 2.16. The van der Waals surface area contributed by atoms with E-state index in [1.807, 2.05) is 6.07 Å². The Hall–Kier alpha value is -2.57. The molecule has 1 N–H and O–H groups in total. The molecule has 28 heavy (non-hydrogen) atoms. The lowest BCUT2D eigenvalue weighted by atomic mass is 10.0. The van der Waals surface area contributed by atoms with Gasteiger partial charge in [-0.25, -0.2) is 4.98 Å². The molecule has 1 aromatic heterocycles. The Bertz CT molecular complexity index is 1100. The van der Waals surface area contributed by atoms with E-state index in [4.69, 9.17) is 21.1 Å². The number of H-pyrrole nitrogens is 1. The van der Waals surface area contributed by atoms with Gasteiger partial charge in [-0.2, -0.15) is 0 Å². The zero-order chi connectivity index (χ0) is 19.1. The van der Waals surface area contributed by atoms with Gasteiger partial charge < -0.3 is 14.5 Å². The van der Waals surface area contributed by atoms with E-state index in [-0.39, 0.29) is 11.6 Å². The van der Waals surface area contributed by atoms with Crippen LogP contribution < -0.4 is 15.0 Å². The molecule has 5 rings (SSSR count). The summed E-state index contributed by atoms with van der Waals surface area (Å²) in [6.45, 7) is 2.70. The molecule has 2 aliphatic rings. The maximum Gasteiger partial charge on any atom is 0.258 e. The van der Waals surface area contributed by atoms with Crippen LogP contribution in [0.25, 0.3) is 10.9 Å². The van der Waals surface area contributed by atoms with E-state index in [2.05, 4.69) is 27.0 Å². The first-order valence-corrected chi connectivity index (χ1v) is 9.87. The van der Waals surface area contributed by atoms with Crippen LogP contribution in [0.1, 0.15) is 30.3 Å². The normalized spacial score (nSPS) is 19.2. The monoisotopic (exact) mass is 397 g/mol. The Morgan fingerprint density at radius 3 is 2.89 bits per heavy atom. The maximum absolute atomic E-state index is 12.4. The van der Waals surface area contributed by atoms with Gasteiger partial charge in [-0.1, -0.05) is 17.7 Å². The third-order valence-corrected chi connectivity index (χ3v) is 5.62. The third-order valence-electron chi connectivity index (χ3n) is 5.39. The summed E-state index contributed by atoms with van der Waals surface area (Å²) in [5.41, 5.74) is 1.70. The summed E-state index contributed by atoms with van der Waals surface area (Å²) in [6, 6.07) is 11.6. The number of rotatable bonds is 3. The summed E-state index contributed by atoms with van der Waals surface area (Å²) in [5, 5.41) is 1.13. The maximum atomic E-state index is 12.4. The van der Waals surface area contributed by atoms with E-state index in [1.54, 1.807) is 18.2 Å². The molecule has 0 radical (unpaired) electrons. The fourth-order valence-corrected chi connectivity index (χ4v) is 4.25. The topological polar surface area (TPSA) is 67.5 Å². The molecule has 1 fully saturated rings. The summed E-state index contributed by atoms with van der Waals surface area (Å²) in [5.74, 6) is 2.27. The Morgan fingerprint density at radius 1 is 1.14 bits per heavy atom. The van der Waals surface area contributed by atoms with Gasteiger partial charge in [-0.05, 0) is 55.3 Å². The Kier molecular flexibility index (Phi) is 4.45. The number of hydrogen-bond acceptors (Lipinski definition) is 5.